The monoisotopic (exact) mass is 204 g/mol. The van der Waals surface area contributed by atoms with Gasteiger partial charge < -0.3 is 10.7 Å². The molecule has 0 bridgehead atoms. The lowest BCUT2D eigenvalue weighted by molar-refractivity contribution is 0.628. The largest absolute Gasteiger partial charge is 0.398 e. The maximum atomic E-state index is 13.0. The lowest BCUT2D eigenvalue weighted by atomic mass is 10.1. The van der Waals surface area contributed by atoms with E-state index >= 15 is 0 Å². The SMILES string of the molecule is Nc1ccc(F)cc1-c1cc[nH]c(=O)c1. The highest BCUT2D eigenvalue weighted by atomic mass is 19.1. The number of hydrogen-bond donors (Lipinski definition) is 2. The normalized spacial score (nSPS) is 10.2. The van der Waals surface area contributed by atoms with Gasteiger partial charge in [-0.15, -0.1) is 0 Å². The van der Waals surface area contributed by atoms with Gasteiger partial charge in [-0.1, -0.05) is 0 Å². The summed E-state index contributed by atoms with van der Waals surface area (Å²) in [4.78, 5) is 13.6. The summed E-state index contributed by atoms with van der Waals surface area (Å²) in [6.45, 7) is 0. The number of aromatic amines is 1. The number of aromatic nitrogens is 1. The Morgan fingerprint density at radius 2 is 2.00 bits per heavy atom. The second-order valence-electron chi connectivity index (χ2n) is 3.17. The van der Waals surface area contributed by atoms with Crippen molar-refractivity contribution in [2.24, 2.45) is 0 Å². The molecule has 15 heavy (non-hydrogen) atoms. The van der Waals surface area contributed by atoms with Gasteiger partial charge >= 0.3 is 0 Å². The molecule has 0 amide bonds. The van der Waals surface area contributed by atoms with Crippen LogP contribution in [0.5, 0.6) is 0 Å². The molecule has 0 unspecified atom stereocenters. The van der Waals surface area contributed by atoms with Crippen LogP contribution in [0.25, 0.3) is 11.1 Å². The third kappa shape index (κ3) is 1.88. The number of nitrogens with one attached hydrogen (secondary N) is 1. The minimum absolute atomic E-state index is 0.240. The van der Waals surface area contributed by atoms with E-state index in [1.54, 1.807) is 6.07 Å². The Kier molecular flexibility index (Phi) is 2.25. The predicted octanol–water partition coefficient (Wildman–Crippen LogP) is 1.76. The van der Waals surface area contributed by atoms with Crippen LogP contribution >= 0.6 is 0 Å². The summed E-state index contributed by atoms with van der Waals surface area (Å²) < 4.78 is 13.0. The molecule has 0 spiro atoms. The topological polar surface area (TPSA) is 58.9 Å². The molecule has 76 valence electrons. The van der Waals surface area contributed by atoms with Crippen molar-refractivity contribution in [3.63, 3.8) is 0 Å². The molecular weight excluding hydrogens is 195 g/mol. The van der Waals surface area contributed by atoms with Gasteiger partial charge in [0.1, 0.15) is 5.82 Å². The number of nitrogens with two attached hydrogens (primary N) is 1. The molecule has 2 rings (SSSR count). The molecule has 0 saturated heterocycles. The van der Waals surface area contributed by atoms with Gasteiger partial charge in [0.2, 0.25) is 5.56 Å². The number of H-pyrrole nitrogens is 1. The maximum Gasteiger partial charge on any atom is 0.248 e. The minimum Gasteiger partial charge on any atom is -0.398 e. The van der Waals surface area contributed by atoms with Crippen LogP contribution in [0.15, 0.2) is 41.3 Å². The van der Waals surface area contributed by atoms with E-state index in [1.165, 1.54) is 30.5 Å². The van der Waals surface area contributed by atoms with E-state index in [2.05, 4.69) is 4.98 Å². The highest BCUT2D eigenvalue weighted by Crippen LogP contribution is 2.24. The van der Waals surface area contributed by atoms with Gasteiger partial charge in [-0.25, -0.2) is 4.39 Å². The third-order valence-electron chi connectivity index (χ3n) is 2.10. The summed E-state index contributed by atoms with van der Waals surface area (Å²) in [5, 5.41) is 0. The van der Waals surface area contributed by atoms with Crippen LogP contribution in [0, 0.1) is 5.82 Å². The summed E-state index contributed by atoms with van der Waals surface area (Å²) in [5.74, 6) is -0.375. The highest BCUT2D eigenvalue weighted by Gasteiger charge is 2.04. The molecule has 0 aliphatic heterocycles. The lowest BCUT2D eigenvalue weighted by Gasteiger charge is -2.04. The zero-order valence-corrected chi connectivity index (χ0v) is 7.83. The molecule has 0 fully saturated rings. The molecule has 1 aromatic carbocycles. The number of hydrogen-bond acceptors (Lipinski definition) is 2. The van der Waals surface area contributed by atoms with E-state index < -0.39 is 0 Å². The molecule has 0 aliphatic carbocycles. The van der Waals surface area contributed by atoms with E-state index in [9.17, 15) is 9.18 Å². The van der Waals surface area contributed by atoms with Crippen LogP contribution in [0.2, 0.25) is 0 Å². The fourth-order valence-corrected chi connectivity index (χ4v) is 1.39. The fourth-order valence-electron chi connectivity index (χ4n) is 1.39. The van der Waals surface area contributed by atoms with Crippen molar-refractivity contribution in [1.29, 1.82) is 0 Å². The lowest BCUT2D eigenvalue weighted by Crippen LogP contribution is -2.03. The van der Waals surface area contributed by atoms with Gasteiger partial charge in [-0.2, -0.15) is 0 Å². The van der Waals surface area contributed by atoms with Gasteiger partial charge in [0, 0.05) is 23.5 Å². The first kappa shape index (κ1) is 9.45. The highest BCUT2D eigenvalue weighted by molar-refractivity contribution is 5.75. The molecule has 0 saturated carbocycles. The summed E-state index contributed by atoms with van der Waals surface area (Å²) in [5.41, 5.74) is 7.04. The first-order valence-corrected chi connectivity index (χ1v) is 4.41. The van der Waals surface area contributed by atoms with Crippen molar-refractivity contribution in [3.05, 3.63) is 52.7 Å². The van der Waals surface area contributed by atoms with E-state index in [0.717, 1.165) is 0 Å². The van der Waals surface area contributed by atoms with Gasteiger partial charge in [-0.3, -0.25) is 4.79 Å². The second-order valence-corrected chi connectivity index (χ2v) is 3.17. The molecule has 0 radical (unpaired) electrons. The van der Waals surface area contributed by atoms with Gasteiger partial charge in [0.25, 0.3) is 0 Å². The molecule has 0 atom stereocenters. The number of nitrogen functional groups attached to an aromatic ring is 1. The van der Waals surface area contributed by atoms with Crippen molar-refractivity contribution < 1.29 is 4.39 Å². The van der Waals surface area contributed by atoms with Gasteiger partial charge in [0.05, 0.1) is 0 Å². The van der Waals surface area contributed by atoms with E-state index in [-0.39, 0.29) is 11.4 Å². The number of anilines is 1. The number of benzene rings is 1. The van der Waals surface area contributed by atoms with E-state index in [1.807, 2.05) is 0 Å². The van der Waals surface area contributed by atoms with Gasteiger partial charge in [0.15, 0.2) is 0 Å². The van der Waals surface area contributed by atoms with Crippen molar-refractivity contribution in [3.8, 4) is 11.1 Å². The fraction of sp³-hybridized carbons (Fsp3) is 0. The van der Waals surface area contributed by atoms with Crippen molar-refractivity contribution >= 4 is 5.69 Å². The van der Waals surface area contributed by atoms with Gasteiger partial charge in [-0.05, 0) is 29.8 Å². The number of halogens is 1. The molecule has 1 aromatic heterocycles. The van der Waals surface area contributed by atoms with Crippen molar-refractivity contribution in [1.82, 2.24) is 4.98 Å². The molecule has 3 N–H and O–H groups in total. The Balaban J connectivity index is 2.63. The number of rotatable bonds is 1. The first-order chi connectivity index (χ1) is 7.16. The van der Waals surface area contributed by atoms with Crippen LogP contribution in [0.4, 0.5) is 10.1 Å². The van der Waals surface area contributed by atoms with Crippen LogP contribution in [0.3, 0.4) is 0 Å². The average molecular weight is 204 g/mol. The molecular formula is C11H9FN2O. The van der Waals surface area contributed by atoms with E-state index in [4.69, 9.17) is 5.73 Å². The smallest absolute Gasteiger partial charge is 0.248 e. The predicted molar refractivity (Wildman–Crippen MR) is 56.9 cm³/mol. The zero-order valence-electron chi connectivity index (χ0n) is 7.83. The summed E-state index contributed by atoms with van der Waals surface area (Å²) >= 11 is 0. The molecule has 0 aliphatic rings. The molecule has 2 aromatic rings. The molecule has 1 heterocycles. The average Bonchev–Trinajstić information content (AvgIpc) is 2.22. The van der Waals surface area contributed by atoms with E-state index in [0.29, 0.717) is 16.8 Å². The first-order valence-electron chi connectivity index (χ1n) is 4.41. The Labute approximate surface area is 85.4 Å². The summed E-state index contributed by atoms with van der Waals surface area (Å²) in [6, 6.07) is 7.12. The Bertz CT molecular complexity index is 548. The second kappa shape index (κ2) is 3.57. The van der Waals surface area contributed by atoms with Crippen LogP contribution in [0.1, 0.15) is 0 Å². The Morgan fingerprint density at radius 3 is 2.73 bits per heavy atom. The molecule has 4 heteroatoms. The standard InChI is InChI=1S/C11H9FN2O/c12-8-1-2-10(13)9(6-8)7-3-4-14-11(15)5-7/h1-6H,13H2,(H,14,15). The van der Waals surface area contributed by atoms with Crippen LogP contribution in [-0.4, -0.2) is 4.98 Å². The minimum atomic E-state index is -0.375. The van der Waals surface area contributed by atoms with Crippen molar-refractivity contribution in [2.75, 3.05) is 5.73 Å². The quantitative estimate of drug-likeness (QED) is 0.695. The Morgan fingerprint density at radius 1 is 1.20 bits per heavy atom. The summed E-state index contributed by atoms with van der Waals surface area (Å²) in [6.07, 6.45) is 1.50. The van der Waals surface area contributed by atoms with Crippen LogP contribution < -0.4 is 11.3 Å². The Hall–Kier alpha value is -2.10. The number of pyridine rings is 1. The molecule has 3 nitrogen and oxygen atoms in total. The van der Waals surface area contributed by atoms with Crippen LogP contribution in [-0.2, 0) is 0 Å². The zero-order chi connectivity index (χ0) is 10.8. The third-order valence-corrected chi connectivity index (χ3v) is 2.10. The maximum absolute atomic E-state index is 13.0. The summed E-state index contributed by atoms with van der Waals surface area (Å²) in [7, 11) is 0. The van der Waals surface area contributed by atoms with Crippen molar-refractivity contribution in [2.45, 2.75) is 0 Å².